The van der Waals surface area contributed by atoms with Gasteiger partial charge in [-0.2, -0.15) is 4.31 Å². The fourth-order valence-corrected chi connectivity index (χ4v) is 6.82. The minimum atomic E-state index is -3.85. The highest BCUT2D eigenvalue weighted by molar-refractivity contribution is 7.89. The summed E-state index contributed by atoms with van der Waals surface area (Å²) in [5.74, 6) is 0.485. The Bertz CT molecular complexity index is 968. The smallest absolute Gasteiger partial charge is 0.248 e. The zero-order valence-corrected chi connectivity index (χ0v) is 22.3. The fraction of sp³-hybridized carbons (Fsp3) is 0.708. The molecular formula is C24H39N3O7S. The topological polar surface area (TPSA) is 109 Å². The lowest BCUT2D eigenvalue weighted by Crippen LogP contribution is -2.57. The van der Waals surface area contributed by atoms with E-state index >= 15 is 0 Å². The molecule has 198 valence electrons. The van der Waals surface area contributed by atoms with Crippen LogP contribution >= 0.6 is 0 Å². The predicted octanol–water partition coefficient (Wildman–Crippen LogP) is 0.633. The van der Waals surface area contributed by atoms with Crippen molar-refractivity contribution in [3.63, 3.8) is 0 Å². The molecule has 2 aliphatic rings. The number of ether oxygens (including phenoxy) is 3. The minimum Gasteiger partial charge on any atom is -0.497 e. The number of hydrogen-bond acceptors (Lipinski definition) is 8. The van der Waals surface area contributed by atoms with Crippen molar-refractivity contribution in [1.29, 1.82) is 0 Å². The van der Waals surface area contributed by atoms with Gasteiger partial charge in [0, 0.05) is 39.3 Å². The molecule has 2 fully saturated rings. The minimum absolute atomic E-state index is 0.0553. The molecule has 1 aromatic rings. The van der Waals surface area contributed by atoms with Gasteiger partial charge in [0.1, 0.15) is 12.4 Å². The average Bonchev–Trinajstić information content (AvgIpc) is 2.79. The maximum atomic E-state index is 13.8. The zero-order valence-electron chi connectivity index (χ0n) is 21.4. The van der Waals surface area contributed by atoms with Crippen LogP contribution in [0.25, 0.3) is 0 Å². The van der Waals surface area contributed by atoms with E-state index in [-0.39, 0.29) is 43.8 Å². The number of piperazine rings is 1. The van der Waals surface area contributed by atoms with Crippen LogP contribution in [0.2, 0.25) is 0 Å². The van der Waals surface area contributed by atoms with E-state index in [2.05, 4.69) is 4.90 Å². The molecule has 35 heavy (non-hydrogen) atoms. The standard InChI is InChI=1S/C24H39N3O7S/c1-18-12-21(32-5)13-19(2)23(18)35(30,31)27-17-24(3,4)34-15-20(27)14-33-16-22(29)26-8-6-25(7-9-26)10-11-28/h12-13,20,28H,6-11,14-17H2,1-5H3/t20-/m1/s1. The highest BCUT2D eigenvalue weighted by Gasteiger charge is 2.42. The van der Waals surface area contributed by atoms with Gasteiger partial charge in [0.05, 0.1) is 43.5 Å². The lowest BCUT2D eigenvalue weighted by molar-refractivity contribution is -0.141. The molecule has 1 aromatic carbocycles. The molecule has 0 unspecified atom stereocenters. The quantitative estimate of drug-likeness (QED) is 0.512. The Hall–Kier alpha value is -1.76. The van der Waals surface area contributed by atoms with E-state index in [0.717, 1.165) is 0 Å². The molecule has 0 bridgehead atoms. The van der Waals surface area contributed by atoms with Crippen LogP contribution in [0.3, 0.4) is 0 Å². The molecule has 0 aromatic heterocycles. The number of carbonyl (C=O) groups is 1. The highest BCUT2D eigenvalue weighted by atomic mass is 32.2. The first kappa shape index (κ1) is 27.8. The van der Waals surface area contributed by atoms with E-state index in [9.17, 15) is 13.2 Å². The van der Waals surface area contributed by atoms with Crippen LogP contribution in [0.15, 0.2) is 17.0 Å². The molecule has 2 aliphatic heterocycles. The van der Waals surface area contributed by atoms with Gasteiger partial charge in [-0.15, -0.1) is 0 Å². The number of hydrogen-bond donors (Lipinski definition) is 1. The Balaban J connectivity index is 1.68. The zero-order chi connectivity index (χ0) is 25.8. The average molecular weight is 514 g/mol. The monoisotopic (exact) mass is 513 g/mol. The molecule has 0 radical (unpaired) electrons. The molecule has 2 heterocycles. The van der Waals surface area contributed by atoms with Gasteiger partial charge in [0.2, 0.25) is 15.9 Å². The van der Waals surface area contributed by atoms with E-state index in [1.807, 2.05) is 13.8 Å². The Morgan fingerprint density at radius 2 is 1.80 bits per heavy atom. The molecular weight excluding hydrogens is 474 g/mol. The summed E-state index contributed by atoms with van der Waals surface area (Å²) in [6.07, 6.45) is 0. The van der Waals surface area contributed by atoms with Crippen LogP contribution in [0, 0.1) is 13.8 Å². The van der Waals surface area contributed by atoms with Crippen molar-refractivity contribution in [3.05, 3.63) is 23.3 Å². The summed E-state index contributed by atoms with van der Waals surface area (Å²) in [5, 5.41) is 9.07. The fourth-order valence-electron chi connectivity index (χ4n) is 4.66. The van der Waals surface area contributed by atoms with Crippen LogP contribution in [0.1, 0.15) is 25.0 Å². The number of rotatable bonds is 9. The van der Waals surface area contributed by atoms with Crippen molar-refractivity contribution in [1.82, 2.24) is 14.1 Å². The third kappa shape index (κ3) is 6.72. The Morgan fingerprint density at radius 1 is 1.17 bits per heavy atom. The molecule has 0 saturated carbocycles. The maximum absolute atomic E-state index is 13.8. The second-order valence-electron chi connectivity index (χ2n) is 9.83. The van der Waals surface area contributed by atoms with Crippen LogP contribution in [0.4, 0.5) is 0 Å². The van der Waals surface area contributed by atoms with Gasteiger partial charge < -0.3 is 24.2 Å². The normalized spacial score (nSPS) is 21.8. The Morgan fingerprint density at radius 3 is 2.37 bits per heavy atom. The number of amides is 1. The first-order chi connectivity index (χ1) is 16.5. The number of aryl methyl sites for hydroxylation is 2. The number of benzene rings is 1. The summed E-state index contributed by atoms with van der Waals surface area (Å²) >= 11 is 0. The molecule has 1 amide bonds. The molecule has 1 atom stereocenters. The van der Waals surface area contributed by atoms with Crippen molar-refractivity contribution in [2.24, 2.45) is 0 Å². The number of sulfonamides is 1. The number of aliphatic hydroxyl groups excluding tert-OH is 1. The van der Waals surface area contributed by atoms with E-state index in [0.29, 0.717) is 49.6 Å². The molecule has 0 spiro atoms. The van der Waals surface area contributed by atoms with Gasteiger partial charge in [-0.3, -0.25) is 9.69 Å². The van der Waals surface area contributed by atoms with E-state index in [1.54, 1.807) is 38.0 Å². The molecule has 0 aliphatic carbocycles. The van der Waals surface area contributed by atoms with Crippen LogP contribution in [-0.2, 0) is 24.3 Å². The van der Waals surface area contributed by atoms with Crippen molar-refractivity contribution < 1.29 is 32.5 Å². The summed E-state index contributed by atoms with van der Waals surface area (Å²) in [5.41, 5.74) is 0.574. The van der Waals surface area contributed by atoms with E-state index in [4.69, 9.17) is 19.3 Å². The van der Waals surface area contributed by atoms with Gasteiger partial charge in [0.15, 0.2) is 0 Å². The van der Waals surface area contributed by atoms with Gasteiger partial charge in [-0.25, -0.2) is 8.42 Å². The lowest BCUT2D eigenvalue weighted by atomic mass is 10.1. The first-order valence-electron chi connectivity index (χ1n) is 12.0. The molecule has 11 heteroatoms. The predicted molar refractivity (Wildman–Crippen MR) is 131 cm³/mol. The number of aliphatic hydroxyl groups is 1. The summed E-state index contributed by atoms with van der Waals surface area (Å²) in [6, 6.07) is 2.88. The summed E-state index contributed by atoms with van der Waals surface area (Å²) in [4.78, 5) is 16.7. The second kappa shape index (κ2) is 11.5. The number of β-amino-alcohol motifs (C(OH)–C–C–N with tert-alkyl or cyclic N) is 1. The SMILES string of the molecule is COc1cc(C)c(S(=O)(=O)N2CC(C)(C)OC[C@H]2COCC(=O)N2CCN(CCO)CC2)c(C)c1. The number of carbonyl (C=O) groups excluding carboxylic acids is 1. The van der Waals surface area contributed by atoms with Gasteiger partial charge in [-0.1, -0.05) is 0 Å². The number of morpholine rings is 1. The van der Waals surface area contributed by atoms with Gasteiger partial charge in [-0.05, 0) is 51.0 Å². The number of methoxy groups -OCH3 is 1. The molecule has 1 N–H and O–H groups in total. The summed E-state index contributed by atoms with van der Waals surface area (Å²) in [7, 11) is -2.30. The highest BCUT2D eigenvalue weighted by Crippen LogP contribution is 2.32. The van der Waals surface area contributed by atoms with E-state index < -0.39 is 21.7 Å². The van der Waals surface area contributed by atoms with Gasteiger partial charge in [0.25, 0.3) is 0 Å². The third-order valence-corrected chi connectivity index (χ3v) is 8.73. The first-order valence-corrected chi connectivity index (χ1v) is 13.4. The number of nitrogens with zero attached hydrogens (tertiary/aromatic N) is 3. The van der Waals surface area contributed by atoms with Crippen molar-refractivity contribution in [2.45, 2.75) is 44.2 Å². The largest absolute Gasteiger partial charge is 0.497 e. The van der Waals surface area contributed by atoms with Crippen molar-refractivity contribution in [3.8, 4) is 5.75 Å². The summed E-state index contributed by atoms with van der Waals surface area (Å²) in [6.45, 7) is 10.8. The van der Waals surface area contributed by atoms with Crippen molar-refractivity contribution in [2.75, 3.05) is 72.8 Å². The Kier molecular flexibility index (Phi) is 9.16. The van der Waals surface area contributed by atoms with Gasteiger partial charge >= 0.3 is 0 Å². The lowest BCUT2D eigenvalue weighted by Gasteiger charge is -2.43. The molecule has 2 saturated heterocycles. The second-order valence-corrected chi connectivity index (χ2v) is 11.7. The van der Waals surface area contributed by atoms with E-state index in [1.165, 1.54) is 4.31 Å². The molecule has 3 rings (SSSR count). The Labute approximate surface area is 208 Å². The third-order valence-electron chi connectivity index (χ3n) is 6.52. The van der Waals surface area contributed by atoms with Crippen LogP contribution in [-0.4, -0.2) is 118 Å². The molecule has 10 nitrogen and oxygen atoms in total. The van der Waals surface area contributed by atoms with Crippen LogP contribution < -0.4 is 4.74 Å². The van der Waals surface area contributed by atoms with Crippen molar-refractivity contribution >= 4 is 15.9 Å². The van der Waals surface area contributed by atoms with Crippen LogP contribution in [0.5, 0.6) is 5.75 Å². The summed E-state index contributed by atoms with van der Waals surface area (Å²) < 4.78 is 46.1. The maximum Gasteiger partial charge on any atom is 0.248 e.